The lowest BCUT2D eigenvalue weighted by atomic mass is 9.89. The lowest BCUT2D eigenvalue weighted by Crippen LogP contribution is -1.86. The fourth-order valence-corrected chi connectivity index (χ4v) is 6.33. The second-order valence-corrected chi connectivity index (χ2v) is 10.1. The van der Waals surface area contributed by atoms with E-state index in [0.29, 0.717) is 0 Å². The van der Waals surface area contributed by atoms with E-state index in [2.05, 4.69) is 146 Å². The van der Waals surface area contributed by atoms with Gasteiger partial charge in [-0.3, -0.25) is 0 Å². The van der Waals surface area contributed by atoms with Crippen LogP contribution in [-0.4, -0.2) is 0 Å². The second kappa shape index (κ2) is 8.30. The van der Waals surface area contributed by atoms with Crippen LogP contribution in [0, 0.1) is 0 Å². The summed E-state index contributed by atoms with van der Waals surface area (Å²) in [6.07, 6.45) is 0. The summed E-state index contributed by atoms with van der Waals surface area (Å²) in [5, 5.41) is 18.9. The van der Waals surface area contributed by atoms with Gasteiger partial charge in [-0.25, -0.2) is 0 Å². The largest absolute Gasteiger partial charge is 0.0616 e. The minimum absolute atomic E-state index is 1.31. The maximum Gasteiger partial charge on any atom is -0.00203 e. The van der Waals surface area contributed by atoms with Crippen LogP contribution in [0.25, 0.3) is 75.4 Å². The molecule has 0 nitrogen and oxygen atoms in total. The first-order valence-electron chi connectivity index (χ1n) is 13.2. The Balaban J connectivity index is 0.000000119. The Morgan fingerprint density at radius 3 is 0.974 bits per heavy atom. The third-order valence-electron chi connectivity index (χ3n) is 8.03. The average Bonchev–Trinajstić information content (AvgIpc) is 3.00. The van der Waals surface area contributed by atoms with E-state index in [4.69, 9.17) is 0 Å². The number of hydrogen-bond acceptors (Lipinski definition) is 0. The first-order valence-corrected chi connectivity index (χ1v) is 13.2. The van der Waals surface area contributed by atoms with Crippen molar-refractivity contribution in [1.29, 1.82) is 0 Å². The van der Waals surface area contributed by atoms with Crippen molar-refractivity contribution in [2.24, 2.45) is 0 Å². The number of hydrogen-bond donors (Lipinski definition) is 0. The van der Waals surface area contributed by atoms with Gasteiger partial charge in [-0.15, -0.1) is 0 Å². The van der Waals surface area contributed by atoms with Gasteiger partial charge < -0.3 is 0 Å². The summed E-state index contributed by atoms with van der Waals surface area (Å²) >= 11 is 0. The summed E-state index contributed by atoms with van der Waals surface area (Å²) in [5.74, 6) is 0. The summed E-state index contributed by atoms with van der Waals surface area (Å²) in [7, 11) is 0. The van der Waals surface area contributed by atoms with Crippen molar-refractivity contribution < 1.29 is 0 Å². The first kappa shape index (κ1) is 21.2. The molecule has 0 aliphatic rings. The standard InChI is InChI=1S/C20H12.C18H12/c1-2-8-16-15(7-1)17-9-3-5-13-11-12-14-6-4-10-18(16)20(14)19(13)17;1-3-7-16-13(5-1)9-11-15-12-10-14-6-2-4-8-17(14)18(15)16/h1-12H;1-12H. The molecule has 0 aliphatic carbocycles. The van der Waals surface area contributed by atoms with Crippen LogP contribution < -0.4 is 0 Å². The van der Waals surface area contributed by atoms with Crippen LogP contribution in [-0.2, 0) is 0 Å². The zero-order chi connectivity index (χ0) is 25.1. The van der Waals surface area contributed by atoms with E-state index in [-0.39, 0.29) is 0 Å². The fourth-order valence-electron chi connectivity index (χ4n) is 6.33. The van der Waals surface area contributed by atoms with E-state index >= 15 is 0 Å². The Bertz CT molecular complexity index is 2130. The van der Waals surface area contributed by atoms with E-state index in [1.165, 1.54) is 75.4 Å². The Labute approximate surface area is 220 Å². The van der Waals surface area contributed by atoms with E-state index in [1.54, 1.807) is 0 Å². The molecule has 0 aromatic heterocycles. The second-order valence-electron chi connectivity index (χ2n) is 10.1. The van der Waals surface area contributed by atoms with E-state index in [9.17, 15) is 0 Å². The third-order valence-corrected chi connectivity index (χ3v) is 8.03. The molecule has 9 aromatic carbocycles. The summed E-state index contributed by atoms with van der Waals surface area (Å²) in [6.45, 7) is 0. The maximum absolute atomic E-state index is 2.25. The molecule has 0 heteroatoms. The lowest BCUT2D eigenvalue weighted by molar-refractivity contribution is 1.77. The Kier molecular flexibility index (Phi) is 4.62. The highest BCUT2D eigenvalue weighted by Crippen LogP contribution is 2.40. The van der Waals surface area contributed by atoms with Crippen molar-refractivity contribution in [3.63, 3.8) is 0 Å². The van der Waals surface area contributed by atoms with Crippen LogP contribution in [0.15, 0.2) is 146 Å². The van der Waals surface area contributed by atoms with Crippen molar-refractivity contribution in [2.45, 2.75) is 0 Å². The van der Waals surface area contributed by atoms with Crippen molar-refractivity contribution >= 4 is 75.4 Å². The fraction of sp³-hybridized carbons (Fsp3) is 0. The third kappa shape index (κ3) is 3.11. The first-order chi connectivity index (χ1) is 18.9. The summed E-state index contributed by atoms with van der Waals surface area (Å²) < 4.78 is 0. The molecule has 0 radical (unpaired) electrons. The molecule has 0 unspecified atom stereocenters. The van der Waals surface area contributed by atoms with Gasteiger partial charge in [-0.1, -0.05) is 146 Å². The van der Waals surface area contributed by atoms with Crippen molar-refractivity contribution in [3.05, 3.63) is 146 Å². The number of fused-ring (bicyclic) bond motifs is 8. The highest BCUT2D eigenvalue weighted by Gasteiger charge is 2.11. The molecule has 0 atom stereocenters. The van der Waals surface area contributed by atoms with Crippen LogP contribution in [0.5, 0.6) is 0 Å². The molecule has 38 heavy (non-hydrogen) atoms. The van der Waals surface area contributed by atoms with Gasteiger partial charge in [0, 0.05) is 0 Å². The molecular formula is C38H24. The smallest absolute Gasteiger partial charge is 0.00203 e. The lowest BCUT2D eigenvalue weighted by Gasteiger charge is -2.14. The highest BCUT2D eigenvalue weighted by molar-refractivity contribution is 6.33. The minimum Gasteiger partial charge on any atom is -0.0616 e. The SMILES string of the molecule is c1ccc2c(c1)c1cccc3ccc4cccc2c4c31.c1ccc2c(c1)ccc1ccc3ccccc3c12. The Hall–Kier alpha value is -4.94. The summed E-state index contributed by atoms with van der Waals surface area (Å²) in [4.78, 5) is 0. The minimum atomic E-state index is 1.31. The van der Waals surface area contributed by atoms with Gasteiger partial charge in [0.15, 0.2) is 0 Å². The van der Waals surface area contributed by atoms with Gasteiger partial charge in [0.2, 0.25) is 0 Å². The Morgan fingerprint density at radius 1 is 0.184 bits per heavy atom. The molecular weight excluding hydrogens is 456 g/mol. The summed E-state index contributed by atoms with van der Waals surface area (Å²) in [5.41, 5.74) is 0. The van der Waals surface area contributed by atoms with Gasteiger partial charge >= 0.3 is 0 Å². The number of benzene rings is 9. The van der Waals surface area contributed by atoms with Crippen molar-refractivity contribution in [1.82, 2.24) is 0 Å². The quantitative estimate of drug-likeness (QED) is 0.150. The Morgan fingerprint density at radius 2 is 0.500 bits per heavy atom. The topological polar surface area (TPSA) is 0 Å². The molecule has 0 saturated heterocycles. The van der Waals surface area contributed by atoms with Crippen LogP contribution in [0.4, 0.5) is 0 Å². The van der Waals surface area contributed by atoms with Crippen LogP contribution >= 0.6 is 0 Å². The van der Waals surface area contributed by atoms with Crippen LogP contribution in [0.3, 0.4) is 0 Å². The molecule has 0 spiro atoms. The monoisotopic (exact) mass is 480 g/mol. The van der Waals surface area contributed by atoms with Crippen LogP contribution in [0.2, 0.25) is 0 Å². The van der Waals surface area contributed by atoms with E-state index < -0.39 is 0 Å². The highest BCUT2D eigenvalue weighted by atomic mass is 14.1. The number of rotatable bonds is 0. The molecule has 0 amide bonds. The zero-order valence-electron chi connectivity index (χ0n) is 20.9. The molecule has 0 bridgehead atoms. The molecule has 0 heterocycles. The van der Waals surface area contributed by atoms with E-state index in [0.717, 1.165) is 0 Å². The van der Waals surface area contributed by atoms with E-state index in [1.807, 2.05) is 0 Å². The summed E-state index contributed by atoms with van der Waals surface area (Å²) in [6, 6.07) is 52.5. The normalized spacial score (nSPS) is 11.7. The van der Waals surface area contributed by atoms with Crippen molar-refractivity contribution in [3.8, 4) is 0 Å². The van der Waals surface area contributed by atoms with Crippen molar-refractivity contribution in [2.75, 3.05) is 0 Å². The molecule has 176 valence electrons. The molecule has 0 saturated carbocycles. The predicted octanol–water partition coefficient (Wildman–Crippen LogP) is 10.9. The van der Waals surface area contributed by atoms with Gasteiger partial charge in [0.25, 0.3) is 0 Å². The van der Waals surface area contributed by atoms with Gasteiger partial charge in [-0.2, -0.15) is 0 Å². The van der Waals surface area contributed by atoms with Gasteiger partial charge in [-0.05, 0) is 75.4 Å². The maximum atomic E-state index is 2.25. The van der Waals surface area contributed by atoms with Gasteiger partial charge in [0.1, 0.15) is 0 Å². The molecule has 0 aliphatic heterocycles. The molecule has 9 rings (SSSR count). The average molecular weight is 481 g/mol. The van der Waals surface area contributed by atoms with Gasteiger partial charge in [0.05, 0.1) is 0 Å². The zero-order valence-corrected chi connectivity index (χ0v) is 20.9. The predicted molar refractivity (Wildman–Crippen MR) is 167 cm³/mol. The molecule has 9 aromatic rings. The molecule has 0 fully saturated rings. The van der Waals surface area contributed by atoms with Crippen LogP contribution in [0.1, 0.15) is 0 Å². The molecule has 0 N–H and O–H groups in total.